The highest BCUT2D eigenvalue weighted by atomic mass is 32.1. The van der Waals surface area contributed by atoms with Gasteiger partial charge in [-0.25, -0.2) is 4.79 Å². The molecule has 1 aliphatic rings. The highest BCUT2D eigenvalue weighted by Crippen LogP contribution is 2.31. The van der Waals surface area contributed by atoms with E-state index in [4.69, 9.17) is 0 Å². The van der Waals surface area contributed by atoms with Gasteiger partial charge in [-0.05, 0) is 35.4 Å². The van der Waals surface area contributed by atoms with Crippen molar-refractivity contribution in [1.29, 1.82) is 0 Å². The van der Waals surface area contributed by atoms with Gasteiger partial charge in [0.25, 0.3) is 0 Å². The minimum absolute atomic E-state index is 0.0103. The Balaban J connectivity index is 1.80. The third-order valence-corrected chi connectivity index (χ3v) is 7.11. The number of carbonyl (C=O) groups excluding carboxylic acids is 2. The van der Waals surface area contributed by atoms with E-state index in [-0.39, 0.29) is 18.2 Å². The van der Waals surface area contributed by atoms with Gasteiger partial charge in [0.15, 0.2) is 0 Å². The first kappa shape index (κ1) is 24.8. The van der Waals surface area contributed by atoms with Crippen molar-refractivity contribution in [3.8, 4) is 11.1 Å². The molecule has 0 radical (unpaired) electrons. The number of nitrogens with one attached hydrogen (secondary N) is 2. The Hall–Kier alpha value is -2.80. The fourth-order valence-corrected chi connectivity index (χ4v) is 4.38. The van der Waals surface area contributed by atoms with Crippen LogP contribution in [0, 0.1) is 5.92 Å². The van der Waals surface area contributed by atoms with E-state index in [9.17, 15) is 19.5 Å². The number of rotatable bonds is 9. The molecule has 0 heterocycles. The Kier molecular flexibility index (Phi) is 8.19. The number of thiol groups is 1. The van der Waals surface area contributed by atoms with Crippen LogP contribution in [-0.2, 0) is 20.8 Å². The lowest BCUT2D eigenvalue weighted by molar-refractivity contribution is -0.143. The molecule has 3 N–H and O–H groups in total. The van der Waals surface area contributed by atoms with Crippen molar-refractivity contribution < 1.29 is 19.5 Å². The van der Waals surface area contributed by atoms with Crippen molar-refractivity contribution >= 4 is 30.4 Å². The summed E-state index contributed by atoms with van der Waals surface area (Å²) in [5.41, 5.74) is 1.64. The lowest BCUT2D eigenvalue weighted by Crippen LogP contribution is -2.61. The lowest BCUT2D eigenvalue weighted by Gasteiger charge is -2.32. The molecule has 0 bridgehead atoms. The largest absolute Gasteiger partial charge is 0.480 e. The molecule has 2 aromatic rings. The van der Waals surface area contributed by atoms with Crippen LogP contribution in [0.1, 0.15) is 45.1 Å². The molecule has 6 nitrogen and oxygen atoms in total. The molecule has 176 valence electrons. The van der Waals surface area contributed by atoms with Crippen LogP contribution < -0.4 is 10.6 Å². The maximum Gasteiger partial charge on any atom is 0.326 e. The third kappa shape index (κ3) is 5.96. The van der Waals surface area contributed by atoms with Gasteiger partial charge < -0.3 is 15.7 Å². The fourth-order valence-electron chi connectivity index (χ4n) is 4.31. The molecule has 1 saturated carbocycles. The Labute approximate surface area is 200 Å². The molecular formula is C26H32N2O4S. The molecule has 2 amide bonds. The molecule has 2 aromatic carbocycles. The Morgan fingerprint density at radius 3 is 2.21 bits per heavy atom. The van der Waals surface area contributed by atoms with E-state index in [2.05, 4.69) is 23.3 Å². The van der Waals surface area contributed by atoms with E-state index < -0.39 is 28.7 Å². The number of amides is 2. The van der Waals surface area contributed by atoms with Crippen LogP contribution in [0.3, 0.4) is 0 Å². The predicted molar refractivity (Wildman–Crippen MR) is 132 cm³/mol. The fraction of sp³-hybridized carbons (Fsp3) is 0.423. The first-order valence-electron chi connectivity index (χ1n) is 11.4. The van der Waals surface area contributed by atoms with E-state index >= 15 is 0 Å². The maximum atomic E-state index is 13.3. The summed E-state index contributed by atoms with van der Waals surface area (Å²) in [5.74, 6) is -1.84. The highest BCUT2D eigenvalue weighted by molar-refractivity contribution is 7.81. The van der Waals surface area contributed by atoms with Crippen LogP contribution in [0.25, 0.3) is 11.1 Å². The first-order chi connectivity index (χ1) is 15.7. The number of carboxylic acid groups (broad SMARTS) is 1. The van der Waals surface area contributed by atoms with E-state index in [1.54, 1.807) is 0 Å². The van der Waals surface area contributed by atoms with Crippen molar-refractivity contribution in [1.82, 2.24) is 10.6 Å². The van der Waals surface area contributed by atoms with Crippen molar-refractivity contribution in [2.24, 2.45) is 5.92 Å². The second kappa shape index (κ2) is 10.9. The number of carbonyl (C=O) groups is 3. The van der Waals surface area contributed by atoms with Gasteiger partial charge in [-0.3, -0.25) is 9.59 Å². The summed E-state index contributed by atoms with van der Waals surface area (Å²) in [5, 5.41) is 15.0. The quantitative estimate of drug-likeness (QED) is 0.421. The molecule has 3 rings (SSSR count). The van der Waals surface area contributed by atoms with Gasteiger partial charge >= 0.3 is 5.97 Å². The second-order valence-corrected chi connectivity index (χ2v) is 9.62. The van der Waals surface area contributed by atoms with Crippen molar-refractivity contribution in [2.75, 3.05) is 0 Å². The van der Waals surface area contributed by atoms with E-state index in [1.165, 1.54) is 0 Å². The first-order valence-corrected chi connectivity index (χ1v) is 11.9. The summed E-state index contributed by atoms with van der Waals surface area (Å²) in [7, 11) is 0. The van der Waals surface area contributed by atoms with Crippen molar-refractivity contribution in [3.63, 3.8) is 0 Å². The Morgan fingerprint density at radius 2 is 1.61 bits per heavy atom. The molecule has 0 unspecified atom stereocenters. The standard InChI is InChI=1S/C26H32N2O4S/c1-17(2)22(33)23(29)28-26(14-8-9-15-26)25(32)27-21(24(30)31)16-19-12-6-7-13-20(19)18-10-4-3-5-11-18/h3-7,10-13,17,21-22,33H,8-9,14-16H2,1-2H3,(H,27,32)(H,28,29)(H,30,31)/t21-,22-/m0/s1. The average Bonchev–Trinajstić information content (AvgIpc) is 3.28. The van der Waals surface area contributed by atoms with Crippen LogP contribution in [0.4, 0.5) is 0 Å². The van der Waals surface area contributed by atoms with E-state index in [1.807, 2.05) is 68.4 Å². The number of hydrogen-bond acceptors (Lipinski definition) is 4. The molecule has 1 aliphatic carbocycles. The normalized spacial score (nSPS) is 16.7. The van der Waals surface area contributed by atoms with Crippen molar-refractivity contribution in [2.45, 2.75) is 62.8 Å². The highest BCUT2D eigenvalue weighted by Gasteiger charge is 2.44. The van der Waals surface area contributed by atoms with Crippen LogP contribution in [0.2, 0.25) is 0 Å². The molecule has 0 saturated heterocycles. The van der Waals surface area contributed by atoms with Gasteiger partial charge in [0.05, 0.1) is 5.25 Å². The van der Waals surface area contributed by atoms with Crippen LogP contribution >= 0.6 is 12.6 Å². The van der Waals surface area contributed by atoms with Crippen LogP contribution in [0.5, 0.6) is 0 Å². The van der Waals surface area contributed by atoms with Gasteiger partial charge in [-0.15, -0.1) is 0 Å². The summed E-state index contributed by atoms with van der Waals surface area (Å²) in [4.78, 5) is 38.1. The maximum absolute atomic E-state index is 13.3. The Morgan fingerprint density at radius 1 is 1.00 bits per heavy atom. The van der Waals surface area contributed by atoms with Gasteiger partial charge in [-0.1, -0.05) is 81.3 Å². The molecule has 1 fully saturated rings. The molecule has 0 spiro atoms. The Bertz CT molecular complexity index is 987. The summed E-state index contributed by atoms with van der Waals surface area (Å²) in [6, 6.07) is 16.2. The number of aliphatic carboxylic acids is 1. The summed E-state index contributed by atoms with van der Waals surface area (Å²) < 4.78 is 0. The third-order valence-electron chi connectivity index (χ3n) is 6.28. The molecule has 2 atom stereocenters. The average molecular weight is 469 g/mol. The summed E-state index contributed by atoms with van der Waals surface area (Å²) in [6.07, 6.45) is 2.69. The van der Waals surface area contributed by atoms with E-state index in [0.29, 0.717) is 12.8 Å². The molecular weight excluding hydrogens is 436 g/mol. The smallest absolute Gasteiger partial charge is 0.326 e. The minimum Gasteiger partial charge on any atom is -0.480 e. The minimum atomic E-state index is -1.12. The molecule has 33 heavy (non-hydrogen) atoms. The van der Waals surface area contributed by atoms with Gasteiger partial charge in [-0.2, -0.15) is 12.6 Å². The second-order valence-electron chi connectivity index (χ2n) is 9.06. The number of hydrogen-bond donors (Lipinski definition) is 4. The van der Waals surface area contributed by atoms with Crippen LogP contribution in [-0.4, -0.2) is 39.7 Å². The molecule has 0 aromatic heterocycles. The number of benzene rings is 2. The van der Waals surface area contributed by atoms with Crippen molar-refractivity contribution in [3.05, 3.63) is 60.2 Å². The van der Waals surface area contributed by atoms with Crippen LogP contribution in [0.15, 0.2) is 54.6 Å². The number of carboxylic acids is 1. The zero-order valence-corrected chi connectivity index (χ0v) is 20.0. The monoisotopic (exact) mass is 468 g/mol. The topological polar surface area (TPSA) is 95.5 Å². The van der Waals surface area contributed by atoms with E-state index in [0.717, 1.165) is 29.5 Å². The molecule has 0 aliphatic heterocycles. The van der Waals surface area contributed by atoms with Gasteiger partial charge in [0.1, 0.15) is 11.6 Å². The van der Waals surface area contributed by atoms with Gasteiger partial charge in [0.2, 0.25) is 11.8 Å². The lowest BCUT2D eigenvalue weighted by atomic mass is 9.92. The van der Waals surface area contributed by atoms with Gasteiger partial charge in [0, 0.05) is 6.42 Å². The predicted octanol–water partition coefficient (Wildman–Crippen LogP) is 3.85. The summed E-state index contributed by atoms with van der Waals surface area (Å²) in [6.45, 7) is 3.78. The zero-order valence-electron chi connectivity index (χ0n) is 19.1. The molecule has 7 heteroatoms. The SMILES string of the molecule is CC(C)[C@H](S)C(=O)NC1(C(=O)N[C@@H](Cc2ccccc2-c2ccccc2)C(=O)O)CCCC1. The summed E-state index contributed by atoms with van der Waals surface area (Å²) >= 11 is 4.37. The zero-order chi connectivity index (χ0) is 24.0.